The number of nitrogen functional groups attached to an aromatic ring is 1. The Morgan fingerprint density at radius 2 is 2.07 bits per heavy atom. The molecule has 0 atom stereocenters. The van der Waals surface area contributed by atoms with Crippen molar-refractivity contribution in [3.8, 4) is 11.4 Å². The molecule has 2 aromatic heterocycles. The normalized spacial score (nSPS) is 10.1. The van der Waals surface area contributed by atoms with Gasteiger partial charge in [-0.2, -0.15) is 5.10 Å². The number of aromatic nitrogens is 4. The first-order chi connectivity index (χ1) is 6.83. The molecule has 6 heteroatoms. The van der Waals surface area contributed by atoms with Gasteiger partial charge in [0.05, 0.1) is 5.69 Å². The molecule has 0 amide bonds. The zero-order chi connectivity index (χ0) is 9.97. The fraction of sp³-hybridized carbons (Fsp3) is 0.125. The largest absolute Gasteiger partial charge is 0.307 e. The Balaban J connectivity index is 2.56. The summed E-state index contributed by atoms with van der Waals surface area (Å²) in [5, 5.41) is 4.05. The summed E-state index contributed by atoms with van der Waals surface area (Å²) in [7, 11) is 1.84. The number of rotatable bonds is 2. The van der Waals surface area contributed by atoms with E-state index in [-0.39, 0.29) is 0 Å². The molecule has 0 saturated carbocycles. The lowest BCUT2D eigenvalue weighted by molar-refractivity contribution is 0.773. The molecule has 2 heterocycles. The van der Waals surface area contributed by atoms with Crippen LogP contribution >= 0.6 is 0 Å². The van der Waals surface area contributed by atoms with Gasteiger partial charge in [0.25, 0.3) is 0 Å². The van der Waals surface area contributed by atoms with Gasteiger partial charge in [-0.3, -0.25) is 4.68 Å². The van der Waals surface area contributed by atoms with Crippen LogP contribution in [-0.2, 0) is 7.05 Å². The average molecular weight is 190 g/mol. The van der Waals surface area contributed by atoms with Gasteiger partial charge in [0.2, 0.25) is 0 Å². The van der Waals surface area contributed by atoms with E-state index in [0.717, 1.165) is 5.69 Å². The first-order valence-corrected chi connectivity index (χ1v) is 4.09. The molecular weight excluding hydrogens is 180 g/mol. The fourth-order valence-electron chi connectivity index (χ4n) is 1.24. The van der Waals surface area contributed by atoms with Gasteiger partial charge < -0.3 is 5.43 Å². The quantitative estimate of drug-likeness (QED) is 0.521. The Hall–Kier alpha value is -1.95. The fourth-order valence-corrected chi connectivity index (χ4v) is 1.24. The average Bonchev–Trinajstić information content (AvgIpc) is 2.64. The van der Waals surface area contributed by atoms with E-state index in [1.54, 1.807) is 23.3 Å². The molecule has 6 nitrogen and oxygen atoms in total. The van der Waals surface area contributed by atoms with Crippen molar-refractivity contribution in [1.29, 1.82) is 0 Å². The highest BCUT2D eigenvalue weighted by atomic mass is 15.3. The molecule has 0 aliphatic heterocycles. The maximum atomic E-state index is 5.32. The van der Waals surface area contributed by atoms with E-state index in [2.05, 4.69) is 20.5 Å². The van der Waals surface area contributed by atoms with Crippen LogP contribution in [0.25, 0.3) is 11.4 Å². The van der Waals surface area contributed by atoms with Crippen molar-refractivity contribution in [1.82, 2.24) is 19.7 Å². The summed E-state index contributed by atoms with van der Waals surface area (Å²) in [6, 6.07) is 1.85. The second kappa shape index (κ2) is 3.43. The Bertz CT molecular complexity index is 435. The Morgan fingerprint density at radius 1 is 1.29 bits per heavy atom. The standard InChI is InChI=1S/C8H10N6/c1-14-6(2-3-12-14)7-8(13-9)11-5-4-10-7/h2-5H,9H2,1H3,(H,11,13). The molecule has 3 N–H and O–H groups in total. The molecule has 0 spiro atoms. The minimum absolute atomic E-state index is 0.538. The van der Waals surface area contributed by atoms with Gasteiger partial charge in [0.1, 0.15) is 5.69 Å². The van der Waals surface area contributed by atoms with Crippen LogP contribution in [0.3, 0.4) is 0 Å². The maximum Gasteiger partial charge on any atom is 0.168 e. The smallest absolute Gasteiger partial charge is 0.168 e. The number of hydrogen-bond acceptors (Lipinski definition) is 5. The summed E-state index contributed by atoms with van der Waals surface area (Å²) in [6.07, 6.45) is 4.89. The molecule has 0 radical (unpaired) electrons. The van der Waals surface area contributed by atoms with Crippen molar-refractivity contribution in [2.75, 3.05) is 5.43 Å². The van der Waals surface area contributed by atoms with E-state index in [1.165, 1.54) is 0 Å². The third-order valence-corrected chi connectivity index (χ3v) is 1.90. The predicted octanol–water partition coefficient (Wildman–Crippen LogP) is 0.163. The number of nitrogens with two attached hydrogens (primary N) is 1. The first kappa shape index (κ1) is 8.64. The predicted molar refractivity (Wildman–Crippen MR) is 52.0 cm³/mol. The molecule has 0 aromatic carbocycles. The minimum Gasteiger partial charge on any atom is -0.307 e. The van der Waals surface area contributed by atoms with Gasteiger partial charge in [0, 0.05) is 25.6 Å². The van der Waals surface area contributed by atoms with E-state index < -0.39 is 0 Å². The molecule has 0 saturated heterocycles. The van der Waals surface area contributed by atoms with Gasteiger partial charge in [-0.15, -0.1) is 0 Å². The van der Waals surface area contributed by atoms with E-state index in [4.69, 9.17) is 5.84 Å². The number of hydrazine groups is 1. The molecule has 0 aliphatic carbocycles. The zero-order valence-corrected chi connectivity index (χ0v) is 7.68. The number of aryl methyl sites for hydroxylation is 1. The van der Waals surface area contributed by atoms with Crippen molar-refractivity contribution in [3.05, 3.63) is 24.7 Å². The zero-order valence-electron chi connectivity index (χ0n) is 7.68. The van der Waals surface area contributed by atoms with Crippen molar-refractivity contribution in [2.24, 2.45) is 12.9 Å². The van der Waals surface area contributed by atoms with Crippen molar-refractivity contribution in [2.45, 2.75) is 0 Å². The van der Waals surface area contributed by atoms with E-state index in [1.807, 2.05) is 13.1 Å². The van der Waals surface area contributed by atoms with Crippen molar-refractivity contribution >= 4 is 5.82 Å². The molecule has 0 aliphatic rings. The van der Waals surface area contributed by atoms with E-state index in [0.29, 0.717) is 11.5 Å². The second-order valence-electron chi connectivity index (χ2n) is 2.74. The van der Waals surface area contributed by atoms with Crippen LogP contribution in [0.2, 0.25) is 0 Å². The maximum absolute atomic E-state index is 5.32. The number of anilines is 1. The molecule has 0 fully saturated rings. The van der Waals surface area contributed by atoms with Gasteiger partial charge in [0.15, 0.2) is 5.82 Å². The Kier molecular flexibility index (Phi) is 2.11. The summed E-state index contributed by atoms with van der Waals surface area (Å²) in [6.45, 7) is 0. The minimum atomic E-state index is 0.538. The monoisotopic (exact) mass is 190 g/mol. The van der Waals surface area contributed by atoms with Crippen LogP contribution in [0.5, 0.6) is 0 Å². The van der Waals surface area contributed by atoms with Crippen molar-refractivity contribution in [3.63, 3.8) is 0 Å². The first-order valence-electron chi connectivity index (χ1n) is 4.09. The molecule has 14 heavy (non-hydrogen) atoms. The summed E-state index contributed by atoms with van der Waals surface area (Å²) in [5.74, 6) is 5.86. The molecule has 0 bridgehead atoms. The second-order valence-corrected chi connectivity index (χ2v) is 2.74. The molecular formula is C8H10N6. The number of nitrogens with zero attached hydrogens (tertiary/aromatic N) is 4. The highest BCUT2D eigenvalue weighted by molar-refractivity contribution is 5.67. The van der Waals surface area contributed by atoms with Gasteiger partial charge in [-0.25, -0.2) is 15.8 Å². The SMILES string of the molecule is Cn1nccc1-c1nccnc1NN. The summed E-state index contributed by atoms with van der Waals surface area (Å²) >= 11 is 0. The molecule has 2 rings (SSSR count). The molecule has 2 aromatic rings. The van der Waals surface area contributed by atoms with Crippen LogP contribution in [0.15, 0.2) is 24.7 Å². The third-order valence-electron chi connectivity index (χ3n) is 1.90. The van der Waals surface area contributed by atoms with Gasteiger partial charge in [-0.1, -0.05) is 0 Å². The topological polar surface area (TPSA) is 81.7 Å². The van der Waals surface area contributed by atoms with E-state index >= 15 is 0 Å². The lowest BCUT2D eigenvalue weighted by atomic mass is 10.3. The van der Waals surface area contributed by atoms with Crippen LogP contribution in [0.4, 0.5) is 5.82 Å². The van der Waals surface area contributed by atoms with E-state index in [9.17, 15) is 0 Å². The molecule has 72 valence electrons. The Labute approximate surface area is 80.8 Å². The lowest BCUT2D eigenvalue weighted by Gasteiger charge is -2.05. The van der Waals surface area contributed by atoms with Crippen LogP contribution in [0.1, 0.15) is 0 Å². The highest BCUT2D eigenvalue weighted by Gasteiger charge is 2.09. The third kappa shape index (κ3) is 1.31. The summed E-state index contributed by atoms with van der Waals surface area (Å²) < 4.78 is 1.71. The summed E-state index contributed by atoms with van der Waals surface area (Å²) in [5.41, 5.74) is 4.05. The van der Waals surface area contributed by atoms with Gasteiger partial charge >= 0.3 is 0 Å². The number of nitrogens with one attached hydrogen (secondary N) is 1. The summed E-state index contributed by atoms with van der Waals surface area (Å²) in [4.78, 5) is 8.24. The van der Waals surface area contributed by atoms with Crippen LogP contribution < -0.4 is 11.3 Å². The van der Waals surface area contributed by atoms with Crippen LogP contribution in [-0.4, -0.2) is 19.7 Å². The number of hydrogen-bond donors (Lipinski definition) is 2. The molecule has 0 unspecified atom stereocenters. The highest BCUT2D eigenvalue weighted by Crippen LogP contribution is 2.21. The Morgan fingerprint density at radius 3 is 2.71 bits per heavy atom. The van der Waals surface area contributed by atoms with Crippen molar-refractivity contribution < 1.29 is 0 Å². The van der Waals surface area contributed by atoms with Crippen LogP contribution in [0, 0.1) is 0 Å². The van der Waals surface area contributed by atoms with Gasteiger partial charge in [-0.05, 0) is 6.07 Å². The lowest BCUT2D eigenvalue weighted by Crippen LogP contribution is -2.11.